The molecular weight excluding hydrogens is 216 g/mol. The van der Waals surface area contributed by atoms with Gasteiger partial charge >= 0.3 is 0 Å². The predicted molar refractivity (Wildman–Crippen MR) is 68.2 cm³/mol. The van der Waals surface area contributed by atoms with Gasteiger partial charge in [-0.2, -0.15) is 5.26 Å². The Hall–Kier alpha value is -1.66. The monoisotopic (exact) mass is 228 g/mol. The summed E-state index contributed by atoms with van der Waals surface area (Å²) < 4.78 is 2.18. The smallest absolute Gasteiger partial charge is 0.138 e. The molecule has 1 aromatic carbocycles. The molecule has 0 saturated heterocycles. The Kier molecular flexibility index (Phi) is 3.33. The molecule has 0 amide bonds. The topological polar surface area (TPSA) is 28.7 Å². The van der Waals surface area contributed by atoms with Crippen LogP contribution in [0.1, 0.15) is 6.42 Å². The van der Waals surface area contributed by atoms with Crippen LogP contribution in [0.2, 0.25) is 0 Å². The molecule has 2 rings (SSSR count). The summed E-state index contributed by atoms with van der Waals surface area (Å²) in [7, 11) is 0. The molecule has 0 aliphatic carbocycles. The minimum atomic E-state index is 0.913. The molecule has 0 fully saturated rings. The number of rotatable bonds is 4. The zero-order valence-corrected chi connectivity index (χ0v) is 9.70. The summed E-state index contributed by atoms with van der Waals surface area (Å²) >= 11 is 1.22. The number of hydrogen-bond acceptors (Lipinski definition) is 2. The van der Waals surface area contributed by atoms with Gasteiger partial charge in [0.2, 0.25) is 0 Å². The van der Waals surface area contributed by atoms with E-state index in [4.69, 9.17) is 5.26 Å². The first-order chi connectivity index (χ1) is 7.86. The first-order valence-electron chi connectivity index (χ1n) is 5.11. The van der Waals surface area contributed by atoms with E-state index in [0.29, 0.717) is 0 Å². The lowest BCUT2D eigenvalue weighted by Gasteiger charge is -2.01. The minimum absolute atomic E-state index is 0.913. The quantitative estimate of drug-likeness (QED) is 0.452. The Bertz CT molecular complexity index is 549. The van der Waals surface area contributed by atoms with Gasteiger partial charge in [0.1, 0.15) is 5.40 Å². The van der Waals surface area contributed by atoms with E-state index in [1.807, 2.05) is 24.4 Å². The number of hydrogen-bond donors (Lipinski definition) is 0. The second-order valence-electron chi connectivity index (χ2n) is 3.47. The summed E-state index contributed by atoms with van der Waals surface area (Å²) in [5, 5.41) is 12.0. The Morgan fingerprint density at radius 1 is 1.44 bits per heavy atom. The molecule has 1 heterocycles. The number of thioether (sulfide) groups is 1. The number of thiocyanates is 1. The van der Waals surface area contributed by atoms with E-state index in [-0.39, 0.29) is 0 Å². The Labute approximate surface area is 99.2 Å². The van der Waals surface area contributed by atoms with Crippen molar-refractivity contribution < 1.29 is 0 Å². The molecule has 2 nitrogen and oxygen atoms in total. The lowest BCUT2D eigenvalue weighted by Crippen LogP contribution is -1.93. The van der Waals surface area contributed by atoms with Gasteiger partial charge in [-0.1, -0.05) is 24.3 Å². The lowest BCUT2D eigenvalue weighted by atomic mass is 10.2. The number of allylic oxidation sites excluding steroid dienone is 1. The maximum Gasteiger partial charge on any atom is 0.138 e. The van der Waals surface area contributed by atoms with Crippen molar-refractivity contribution in [2.45, 2.75) is 17.9 Å². The van der Waals surface area contributed by atoms with Crippen LogP contribution in [0, 0.1) is 10.7 Å². The molecule has 1 aromatic heterocycles. The standard InChI is InChI=1S/C13H12N2S/c1-2-3-8-15-9-13(16-10-14)11-6-4-5-7-12(11)15/h2,4-7,9H,1,3,8H2. The van der Waals surface area contributed by atoms with Crippen LogP contribution in [0.25, 0.3) is 10.9 Å². The number of benzene rings is 1. The van der Waals surface area contributed by atoms with Gasteiger partial charge < -0.3 is 4.57 Å². The van der Waals surface area contributed by atoms with E-state index in [1.54, 1.807) is 0 Å². The van der Waals surface area contributed by atoms with Gasteiger partial charge in [0.25, 0.3) is 0 Å². The van der Waals surface area contributed by atoms with Crippen LogP contribution < -0.4 is 0 Å². The Morgan fingerprint density at radius 3 is 3.00 bits per heavy atom. The fourth-order valence-electron chi connectivity index (χ4n) is 1.76. The molecule has 0 bridgehead atoms. The molecule has 0 unspecified atom stereocenters. The number of nitrogens with zero attached hydrogens (tertiary/aromatic N) is 2. The van der Waals surface area contributed by atoms with Crippen LogP contribution in [0.3, 0.4) is 0 Å². The van der Waals surface area contributed by atoms with Crippen molar-refractivity contribution in [1.82, 2.24) is 4.57 Å². The lowest BCUT2D eigenvalue weighted by molar-refractivity contribution is 0.735. The molecular formula is C13H12N2S. The maximum absolute atomic E-state index is 8.75. The molecule has 2 aromatic rings. The number of fused-ring (bicyclic) bond motifs is 1. The largest absolute Gasteiger partial charge is 0.346 e. The molecule has 16 heavy (non-hydrogen) atoms. The molecule has 0 aliphatic heterocycles. The van der Waals surface area contributed by atoms with Crippen LogP contribution in [0.15, 0.2) is 48.0 Å². The maximum atomic E-state index is 8.75. The minimum Gasteiger partial charge on any atom is -0.346 e. The van der Waals surface area contributed by atoms with Crippen molar-refractivity contribution in [3.63, 3.8) is 0 Å². The molecule has 0 aliphatic rings. The Balaban J connectivity index is 2.49. The second kappa shape index (κ2) is 4.91. The number of aromatic nitrogens is 1. The van der Waals surface area contributed by atoms with Crippen LogP contribution >= 0.6 is 11.8 Å². The molecule has 0 saturated carbocycles. The fraction of sp³-hybridized carbons (Fsp3) is 0.154. The third kappa shape index (κ3) is 1.98. The molecule has 0 N–H and O–H groups in total. The molecule has 80 valence electrons. The van der Waals surface area contributed by atoms with Crippen LogP contribution in [0.4, 0.5) is 0 Å². The zero-order chi connectivity index (χ0) is 11.4. The normalized spacial score (nSPS) is 10.2. The number of para-hydroxylation sites is 1. The highest BCUT2D eigenvalue weighted by atomic mass is 32.2. The van der Waals surface area contributed by atoms with Crippen molar-refractivity contribution in [3.8, 4) is 5.40 Å². The Morgan fingerprint density at radius 2 is 2.25 bits per heavy atom. The van der Waals surface area contributed by atoms with Crippen molar-refractivity contribution in [2.75, 3.05) is 0 Å². The highest BCUT2D eigenvalue weighted by molar-refractivity contribution is 8.04. The van der Waals surface area contributed by atoms with Gasteiger partial charge in [0.05, 0.1) is 0 Å². The first-order valence-corrected chi connectivity index (χ1v) is 5.93. The third-order valence-electron chi connectivity index (χ3n) is 2.48. The highest BCUT2D eigenvalue weighted by Gasteiger charge is 2.07. The van der Waals surface area contributed by atoms with E-state index in [2.05, 4.69) is 28.7 Å². The van der Waals surface area contributed by atoms with Crippen LogP contribution in [0.5, 0.6) is 0 Å². The van der Waals surface area contributed by atoms with Crippen molar-refractivity contribution in [1.29, 1.82) is 5.26 Å². The van der Waals surface area contributed by atoms with E-state index in [9.17, 15) is 0 Å². The fourth-order valence-corrected chi connectivity index (χ4v) is 2.32. The summed E-state index contributed by atoms with van der Waals surface area (Å²) in [5.41, 5.74) is 1.18. The van der Waals surface area contributed by atoms with E-state index in [1.165, 1.54) is 17.3 Å². The molecule has 3 heteroatoms. The van der Waals surface area contributed by atoms with Crippen LogP contribution in [-0.2, 0) is 6.54 Å². The van der Waals surface area contributed by atoms with Crippen molar-refractivity contribution >= 4 is 22.7 Å². The van der Waals surface area contributed by atoms with E-state index in [0.717, 1.165) is 23.2 Å². The average molecular weight is 228 g/mol. The molecule has 0 spiro atoms. The predicted octanol–water partition coefficient (Wildman–Crippen LogP) is 3.79. The number of nitriles is 1. The summed E-state index contributed by atoms with van der Waals surface area (Å²) in [6.07, 6.45) is 4.89. The zero-order valence-electron chi connectivity index (χ0n) is 8.89. The van der Waals surface area contributed by atoms with Gasteiger partial charge in [-0.15, -0.1) is 6.58 Å². The van der Waals surface area contributed by atoms with E-state index >= 15 is 0 Å². The van der Waals surface area contributed by atoms with Gasteiger partial charge in [-0.3, -0.25) is 0 Å². The van der Waals surface area contributed by atoms with Gasteiger partial charge in [0, 0.05) is 28.5 Å². The number of aryl methyl sites for hydroxylation is 1. The van der Waals surface area contributed by atoms with Gasteiger partial charge in [-0.25, -0.2) is 0 Å². The third-order valence-corrected chi connectivity index (χ3v) is 3.12. The summed E-state index contributed by atoms with van der Waals surface area (Å²) in [5.74, 6) is 0. The highest BCUT2D eigenvalue weighted by Crippen LogP contribution is 2.29. The average Bonchev–Trinajstić information content (AvgIpc) is 2.66. The van der Waals surface area contributed by atoms with Crippen molar-refractivity contribution in [3.05, 3.63) is 43.1 Å². The second-order valence-corrected chi connectivity index (χ2v) is 4.30. The molecule has 0 atom stereocenters. The summed E-state index contributed by atoms with van der Waals surface area (Å²) in [6, 6.07) is 8.16. The van der Waals surface area contributed by atoms with Crippen molar-refractivity contribution in [2.24, 2.45) is 0 Å². The van der Waals surface area contributed by atoms with Gasteiger partial charge in [-0.05, 0) is 24.2 Å². The molecule has 0 radical (unpaired) electrons. The first kappa shape index (κ1) is 10.8. The summed E-state index contributed by atoms with van der Waals surface area (Å²) in [4.78, 5) is 1.03. The van der Waals surface area contributed by atoms with Gasteiger partial charge in [0.15, 0.2) is 0 Å². The van der Waals surface area contributed by atoms with Crippen LogP contribution in [-0.4, -0.2) is 4.57 Å². The van der Waals surface area contributed by atoms with E-state index < -0.39 is 0 Å². The summed E-state index contributed by atoms with van der Waals surface area (Å²) in [6.45, 7) is 4.64. The SMILES string of the molecule is C=CCCn1cc(SC#N)c2ccccc21.